The van der Waals surface area contributed by atoms with E-state index in [9.17, 15) is 0 Å². The quantitative estimate of drug-likeness (QED) is 0.589. The van der Waals surface area contributed by atoms with Crippen molar-refractivity contribution in [1.82, 2.24) is 15.1 Å². The first-order chi connectivity index (χ1) is 8.25. The number of aromatic nitrogens is 3. The molecule has 0 saturated carbocycles. The molecule has 0 atom stereocenters. The predicted molar refractivity (Wildman–Crippen MR) is 65.7 cm³/mol. The Morgan fingerprint density at radius 3 is 2.71 bits per heavy atom. The minimum absolute atomic E-state index is 0.688. The van der Waals surface area contributed by atoms with Crippen LogP contribution < -0.4 is 5.01 Å². The summed E-state index contributed by atoms with van der Waals surface area (Å²) >= 11 is 0. The molecule has 0 saturated heterocycles. The smallest absolute Gasteiger partial charge is 0.0848 e. The van der Waals surface area contributed by atoms with Crippen LogP contribution in [0.4, 0.5) is 0 Å². The lowest BCUT2D eigenvalue weighted by Crippen LogP contribution is -2.28. The Labute approximate surface area is 102 Å². The second-order valence-corrected chi connectivity index (χ2v) is 3.87. The van der Waals surface area contributed by atoms with Crippen molar-refractivity contribution in [2.45, 2.75) is 19.8 Å². The molecular formula is C11H22N4O2. The minimum Gasteiger partial charge on any atom is -0.382 e. The fourth-order valence-corrected chi connectivity index (χ4v) is 1.44. The molecule has 0 amide bonds. The molecular weight excluding hydrogens is 220 g/mol. The first-order valence-corrected chi connectivity index (χ1v) is 5.98. The van der Waals surface area contributed by atoms with Crippen molar-refractivity contribution >= 4 is 0 Å². The number of nitrogens with zero attached hydrogens (tertiary/aromatic N) is 4. The van der Waals surface area contributed by atoms with Gasteiger partial charge < -0.3 is 14.5 Å². The molecule has 0 bridgehead atoms. The first kappa shape index (κ1) is 13.9. The van der Waals surface area contributed by atoms with Crippen molar-refractivity contribution < 1.29 is 9.47 Å². The van der Waals surface area contributed by atoms with E-state index in [4.69, 9.17) is 9.47 Å². The highest BCUT2D eigenvalue weighted by atomic mass is 16.5. The summed E-state index contributed by atoms with van der Waals surface area (Å²) in [4.78, 5) is 1.77. The minimum atomic E-state index is 0.688. The van der Waals surface area contributed by atoms with Crippen LogP contribution in [0.15, 0.2) is 6.20 Å². The summed E-state index contributed by atoms with van der Waals surface area (Å²) < 4.78 is 10.7. The third-order valence-corrected chi connectivity index (χ3v) is 2.26. The lowest BCUT2D eigenvalue weighted by Gasteiger charge is -2.14. The fraction of sp³-hybridized carbons (Fsp3) is 0.818. The topological polar surface area (TPSA) is 52.4 Å². The van der Waals surface area contributed by atoms with Gasteiger partial charge in [-0.05, 0) is 18.6 Å². The van der Waals surface area contributed by atoms with E-state index >= 15 is 0 Å². The van der Waals surface area contributed by atoms with E-state index in [2.05, 4.69) is 10.3 Å². The maximum absolute atomic E-state index is 5.52. The van der Waals surface area contributed by atoms with Crippen molar-refractivity contribution in [3.8, 4) is 0 Å². The lowest BCUT2D eigenvalue weighted by molar-refractivity contribution is 0.0888. The predicted octanol–water partition coefficient (Wildman–Crippen LogP) is 0.461. The molecule has 0 radical (unpaired) electrons. The SMILES string of the molecule is CCOCCCOCCc1cnnn1N(C)C. The molecule has 17 heavy (non-hydrogen) atoms. The van der Waals surface area contributed by atoms with Gasteiger partial charge in [-0.15, -0.1) is 5.10 Å². The number of hydrogen-bond donors (Lipinski definition) is 0. The van der Waals surface area contributed by atoms with E-state index in [0.717, 1.165) is 38.4 Å². The van der Waals surface area contributed by atoms with E-state index in [1.165, 1.54) is 0 Å². The standard InChI is InChI=1S/C11H22N4O2/c1-4-16-7-5-8-17-9-6-11-10-12-13-15(11)14(2)3/h10H,4-9H2,1-3H3. The van der Waals surface area contributed by atoms with Crippen molar-refractivity contribution in [2.75, 3.05) is 45.5 Å². The molecule has 6 nitrogen and oxygen atoms in total. The van der Waals surface area contributed by atoms with E-state index in [0.29, 0.717) is 6.61 Å². The Kier molecular flexibility index (Phi) is 6.57. The summed E-state index contributed by atoms with van der Waals surface area (Å²) in [5.74, 6) is 0. The molecule has 0 spiro atoms. The maximum atomic E-state index is 5.52. The average molecular weight is 242 g/mol. The molecule has 1 aromatic rings. The molecule has 0 fully saturated rings. The van der Waals surface area contributed by atoms with Crippen LogP contribution in [-0.4, -0.2) is 55.6 Å². The summed E-state index contributed by atoms with van der Waals surface area (Å²) in [6, 6.07) is 0. The fourth-order valence-electron chi connectivity index (χ4n) is 1.44. The Morgan fingerprint density at radius 2 is 2.00 bits per heavy atom. The Bertz CT molecular complexity index is 301. The molecule has 0 aliphatic rings. The van der Waals surface area contributed by atoms with Gasteiger partial charge in [-0.25, -0.2) is 0 Å². The molecule has 1 heterocycles. The zero-order valence-corrected chi connectivity index (χ0v) is 10.9. The zero-order valence-electron chi connectivity index (χ0n) is 10.9. The highest BCUT2D eigenvalue weighted by Gasteiger charge is 2.04. The summed E-state index contributed by atoms with van der Waals surface area (Å²) in [7, 11) is 3.86. The van der Waals surface area contributed by atoms with Crippen LogP contribution in [-0.2, 0) is 15.9 Å². The Hall–Kier alpha value is -1.14. The van der Waals surface area contributed by atoms with Crippen LogP contribution in [0.5, 0.6) is 0 Å². The van der Waals surface area contributed by atoms with Crippen LogP contribution >= 0.6 is 0 Å². The van der Waals surface area contributed by atoms with E-state index in [1.54, 1.807) is 11.0 Å². The molecule has 0 aliphatic carbocycles. The number of rotatable bonds is 9. The summed E-state index contributed by atoms with van der Waals surface area (Å²) in [6.07, 6.45) is 3.53. The second kappa shape index (κ2) is 8.03. The zero-order chi connectivity index (χ0) is 12.5. The van der Waals surface area contributed by atoms with Gasteiger partial charge in [0.25, 0.3) is 0 Å². The second-order valence-electron chi connectivity index (χ2n) is 3.87. The summed E-state index contributed by atoms with van der Waals surface area (Å²) in [5.41, 5.74) is 1.06. The van der Waals surface area contributed by atoms with Crippen molar-refractivity contribution in [2.24, 2.45) is 0 Å². The maximum Gasteiger partial charge on any atom is 0.0848 e. The highest BCUT2D eigenvalue weighted by Crippen LogP contribution is 1.98. The van der Waals surface area contributed by atoms with Crippen LogP contribution in [0.3, 0.4) is 0 Å². The van der Waals surface area contributed by atoms with Gasteiger partial charge in [0, 0.05) is 40.3 Å². The molecule has 1 aromatic heterocycles. The van der Waals surface area contributed by atoms with Crippen LogP contribution in [0.1, 0.15) is 19.0 Å². The van der Waals surface area contributed by atoms with Crippen LogP contribution in [0.2, 0.25) is 0 Å². The van der Waals surface area contributed by atoms with Gasteiger partial charge in [-0.3, -0.25) is 0 Å². The van der Waals surface area contributed by atoms with Gasteiger partial charge in [-0.2, -0.15) is 4.79 Å². The van der Waals surface area contributed by atoms with Crippen molar-refractivity contribution in [3.63, 3.8) is 0 Å². The lowest BCUT2D eigenvalue weighted by atomic mass is 10.3. The van der Waals surface area contributed by atoms with Gasteiger partial charge in [0.05, 0.1) is 18.5 Å². The molecule has 6 heteroatoms. The third kappa shape index (κ3) is 5.14. The van der Waals surface area contributed by atoms with Crippen LogP contribution in [0, 0.1) is 0 Å². The molecule has 0 N–H and O–H groups in total. The summed E-state index contributed by atoms with van der Waals surface area (Å²) in [5, 5.41) is 9.74. The summed E-state index contributed by atoms with van der Waals surface area (Å²) in [6.45, 7) is 4.97. The van der Waals surface area contributed by atoms with Crippen LogP contribution in [0.25, 0.3) is 0 Å². The van der Waals surface area contributed by atoms with Gasteiger partial charge in [-0.1, -0.05) is 0 Å². The molecule has 0 aromatic carbocycles. The van der Waals surface area contributed by atoms with Gasteiger partial charge in [0.2, 0.25) is 0 Å². The third-order valence-electron chi connectivity index (χ3n) is 2.26. The van der Waals surface area contributed by atoms with Crippen molar-refractivity contribution in [1.29, 1.82) is 0 Å². The number of ether oxygens (including phenoxy) is 2. The van der Waals surface area contributed by atoms with Gasteiger partial charge >= 0.3 is 0 Å². The van der Waals surface area contributed by atoms with E-state index in [-0.39, 0.29) is 0 Å². The van der Waals surface area contributed by atoms with Gasteiger partial charge in [0.15, 0.2) is 0 Å². The average Bonchev–Trinajstić information content (AvgIpc) is 2.76. The molecule has 98 valence electrons. The number of hydrogen-bond acceptors (Lipinski definition) is 5. The Morgan fingerprint density at radius 1 is 1.24 bits per heavy atom. The molecule has 0 aliphatic heterocycles. The Balaban J connectivity index is 2.11. The van der Waals surface area contributed by atoms with E-state index in [1.807, 2.05) is 26.0 Å². The largest absolute Gasteiger partial charge is 0.382 e. The normalized spacial score (nSPS) is 10.8. The van der Waals surface area contributed by atoms with Gasteiger partial charge in [0.1, 0.15) is 0 Å². The molecule has 0 unspecified atom stereocenters. The first-order valence-electron chi connectivity index (χ1n) is 5.98. The van der Waals surface area contributed by atoms with Crippen molar-refractivity contribution in [3.05, 3.63) is 11.9 Å². The highest BCUT2D eigenvalue weighted by molar-refractivity contribution is 4.97. The monoisotopic (exact) mass is 242 g/mol. The van der Waals surface area contributed by atoms with E-state index < -0.39 is 0 Å². The molecule has 1 rings (SSSR count).